The van der Waals surface area contributed by atoms with E-state index in [1.807, 2.05) is 6.92 Å². The Morgan fingerprint density at radius 3 is 2.71 bits per heavy atom. The Balaban J connectivity index is 2.42. The Morgan fingerprint density at radius 2 is 2.06 bits per heavy atom. The molecule has 1 saturated heterocycles. The maximum absolute atomic E-state index is 13.8. The second-order valence-electron chi connectivity index (χ2n) is 4.73. The van der Waals surface area contributed by atoms with Crippen LogP contribution in [0.5, 0.6) is 0 Å². The van der Waals surface area contributed by atoms with Crippen LogP contribution in [0.2, 0.25) is 0 Å². The summed E-state index contributed by atoms with van der Waals surface area (Å²) in [6, 6.07) is 2.96. The van der Waals surface area contributed by atoms with Gasteiger partial charge in [-0.1, -0.05) is 12.1 Å². The van der Waals surface area contributed by atoms with E-state index < -0.39 is 17.2 Å². The minimum absolute atomic E-state index is 0.0377. The highest BCUT2D eigenvalue weighted by atomic mass is 19.2. The Kier molecular flexibility index (Phi) is 3.19. The molecular formula is C13H16F2O2. The molecule has 2 atom stereocenters. The number of hydrogen-bond acceptors (Lipinski definition) is 2. The highest BCUT2D eigenvalue weighted by molar-refractivity contribution is 5.30. The van der Waals surface area contributed by atoms with Gasteiger partial charge in [-0.3, -0.25) is 0 Å². The van der Waals surface area contributed by atoms with E-state index in [4.69, 9.17) is 4.74 Å². The molecular weight excluding hydrogens is 226 g/mol. The quantitative estimate of drug-likeness (QED) is 0.820. The predicted octanol–water partition coefficient (Wildman–Crippen LogP) is 2.66. The lowest BCUT2D eigenvalue weighted by Crippen LogP contribution is -2.38. The van der Waals surface area contributed by atoms with Gasteiger partial charge in [0.2, 0.25) is 0 Å². The maximum Gasteiger partial charge on any atom is 0.165 e. The van der Waals surface area contributed by atoms with Crippen molar-refractivity contribution in [2.24, 2.45) is 0 Å². The van der Waals surface area contributed by atoms with E-state index in [-0.39, 0.29) is 30.1 Å². The molecule has 2 nitrogen and oxygen atoms in total. The van der Waals surface area contributed by atoms with Crippen molar-refractivity contribution in [3.05, 3.63) is 34.9 Å². The molecule has 0 radical (unpaired) electrons. The van der Waals surface area contributed by atoms with Crippen LogP contribution in [0.4, 0.5) is 8.78 Å². The molecule has 1 fully saturated rings. The fourth-order valence-electron chi connectivity index (χ4n) is 2.32. The van der Waals surface area contributed by atoms with Crippen molar-refractivity contribution in [2.45, 2.75) is 38.4 Å². The zero-order valence-corrected chi connectivity index (χ0v) is 9.96. The average molecular weight is 242 g/mol. The fourth-order valence-corrected chi connectivity index (χ4v) is 2.32. The number of halogens is 2. The molecule has 2 unspecified atom stereocenters. The minimum Gasteiger partial charge on any atom is -0.385 e. The second kappa shape index (κ2) is 4.35. The summed E-state index contributed by atoms with van der Waals surface area (Å²) in [5.74, 6) is -1.82. The summed E-state index contributed by atoms with van der Waals surface area (Å²) >= 11 is 0. The normalized spacial score (nSPS) is 29.4. The third kappa shape index (κ3) is 2.19. The number of rotatable bonds is 1. The van der Waals surface area contributed by atoms with Crippen LogP contribution in [0.15, 0.2) is 12.1 Å². The first-order valence-corrected chi connectivity index (χ1v) is 5.73. The van der Waals surface area contributed by atoms with Crippen molar-refractivity contribution in [1.29, 1.82) is 0 Å². The predicted molar refractivity (Wildman–Crippen MR) is 59.6 cm³/mol. The Labute approximate surface area is 99.2 Å². The molecule has 1 aliphatic rings. The monoisotopic (exact) mass is 242 g/mol. The van der Waals surface area contributed by atoms with Gasteiger partial charge in [-0.15, -0.1) is 0 Å². The van der Waals surface area contributed by atoms with E-state index in [9.17, 15) is 13.9 Å². The first-order chi connectivity index (χ1) is 7.94. The van der Waals surface area contributed by atoms with E-state index >= 15 is 0 Å². The highest BCUT2D eigenvalue weighted by Gasteiger charge is 2.38. The first kappa shape index (κ1) is 12.5. The maximum atomic E-state index is 13.8. The van der Waals surface area contributed by atoms with Gasteiger partial charge in [0.1, 0.15) is 0 Å². The molecule has 0 spiro atoms. The lowest BCUT2D eigenvalue weighted by Gasteiger charge is -2.36. The Hall–Kier alpha value is -1.00. The zero-order chi connectivity index (χ0) is 12.6. The van der Waals surface area contributed by atoms with Crippen LogP contribution in [0.25, 0.3) is 0 Å². The molecule has 1 aromatic rings. The SMILES string of the molecule is Cc1ccc(C2(O)CCOC(C)C2)c(F)c1F. The van der Waals surface area contributed by atoms with Crippen LogP contribution in [0.3, 0.4) is 0 Å². The van der Waals surface area contributed by atoms with Crippen molar-refractivity contribution in [1.82, 2.24) is 0 Å². The number of ether oxygens (including phenoxy) is 1. The van der Waals surface area contributed by atoms with Crippen LogP contribution in [0.1, 0.15) is 30.9 Å². The summed E-state index contributed by atoms with van der Waals surface area (Å²) in [4.78, 5) is 0. The van der Waals surface area contributed by atoms with E-state index in [2.05, 4.69) is 0 Å². The van der Waals surface area contributed by atoms with Crippen molar-refractivity contribution in [3.63, 3.8) is 0 Å². The van der Waals surface area contributed by atoms with E-state index in [1.54, 1.807) is 0 Å². The van der Waals surface area contributed by atoms with Gasteiger partial charge in [0, 0.05) is 18.4 Å². The number of aliphatic hydroxyl groups is 1. The minimum atomic E-state index is -1.32. The van der Waals surface area contributed by atoms with Gasteiger partial charge in [-0.05, 0) is 19.4 Å². The molecule has 2 rings (SSSR count). The van der Waals surface area contributed by atoms with Crippen molar-refractivity contribution >= 4 is 0 Å². The average Bonchev–Trinajstić information content (AvgIpc) is 2.25. The molecule has 1 aliphatic heterocycles. The molecule has 0 saturated carbocycles. The first-order valence-electron chi connectivity index (χ1n) is 5.73. The van der Waals surface area contributed by atoms with E-state index in [1.165, 1.54) is 19.1 Å². The van der Waals surface area contributed by atoms with Crippen LogP contribution >= 0.6 is 0 Å². The molecule has 1 N–H and O–H groups in total. The summed E-state index contributed by atoms with van der Waals surface area (Å²) in [6.07, 6.45) is 0.418. The van der Waals surface area contributed by atoms with Gasteiger partial charge < -0.3 is 9.84 Å². The lowest BCUT2D eigenvalue weighted by molar-refractivity contribution is -0.103. The van der Waals surface area contributed by atoms with Crippen LogP contribution < -0.4 is 0 Å². The topological polar surface area (TPSA) is 29.5 Å². The van der Waals surface area contributed by atoms with Crippen LogP contribution in [0, 0.1) is 18.6 Å². The molecule has 4 heteroatoms. The number of benzene rings is 1. The molecule has 0 bridgehead atoms. The highest BCUT2D eigenvalue weighted by Crippen LogP contribution is 2.36. The second-order valence-corrected chi connectivity index (χ2v) is 4.73. The molecule has 0 amide bonds. The molecule has 1 heterocycles. The summed E-state index contributed by atoms with van der Waals surface area (Å²) in [5, 5.41) is 10.4. The van der Waals surface area contributed by atoms with Crippen LogP contribution in [-0.2, 0) is 10.3 Å². The van der Waals surface area contributed by atoms with E-state index in [0.717, 1.165) is 0 Å². The molecule has 0 aliphatic carbocycles. The summed E-state index contributed by atoms with van der Waals surface area (Å²) in [6.45, 7) is 3.66. The third-order valence-corrected chi connectivity index (χ3v) is 3.32. The summed E-state index contributed by atoms with van der Waals surface area (Å²) < 4.78 is 32.7. The molecule has 0 aromatic heterocycles. The third-order valence-electron chi connectivity index (χ3n) is 3.32. The van der Waals surface area contributed by atoms with Crippen molar-refractivity contribution in [3.8, 4) is 0 Å². The molecule has 17 heavy (non-hydrogen) atoms. The van der Waals surface area contributed by atoms with Gasteiger partial charge in [-0.25, -0.2) is 8.78 Å². The van der Waals surface area contributed by atoms with Gasteiger partial charge in [0.05, 0.1) is 18.3 Å². The smallest absolute Gasteiger partial charge is 0.165 e. The lowest BCUT2D eigenvalue weighted by atomic mass is 9.83. The van der Waals surface area contributed by atoms with Crippen molar-refractivity contribution < 1.29 is 18.6 Å². The Bertz CT molecular complexity index is 434. The summed E-state index contributed by atoms with van der Waals surface area (Å²) in [5.41, 5.74) is -1.04. The Morgan fingerprint density at radius 1 is 1.35 bits per heavy atom. The van der Waals surface area contributed by atoms with E-state index in [0.29, 0.717) is 6.61 Å². The largest absolute Gasteiger partial charge is 0.385 e. The van der Waals surface area contributed by atoms with Gasteiger partial charge >= 0.3 is 0 Å². The standard InChI is InChI=1S/C13H16F2O2/c1-8-3-4-10(12(15)11(8)14)13(16)5-6-17-9(2)7-13/h3-4,9,16H,5-7H2,1-2H3. The van der Waals surface area contributed by atoms with Gasteiger partial charge in [0.25, 0.3) is 0 Å². The summed E-state index contributed by atoms with van der Waals surface area (Å²) in [7, 11) is 0. The fraction of sp³-hybridized carbons (Fsp3) is 0.538. The zero-order valence-electron chi connectivity index (χ0n) is 9.96. The van der Waals surface area contributed by atoms with Gasteiger partial charge in [0.15, 0.2) is 11.6 Å². The molecule has 1 aromatic carbocycles. The van der Waals surface area contributed by atoms with Gasteiger partial charge in [-0.2, -0.15) is 0 Å². The van der Waals surface area contributed by atoms with Crippen molar-refractivity contribution in [2.75, 3.05) is 6.61 Å². The number of hydrogen-bond donors (Lipinski definition) is 1. The van der Waals surface area contributed by atoms with Crippen LogP contribution in [-0.4, -0.2) is 17.8 Å². The number of aryl methyl sites for hydroxylation is 1. The molecule has 94 valence electrons.